The summed E-state index contributed by atoms with van der Waals surface area (Å²) in [5.74, 6) is -1.19. The molecule has 0 fully saturated rings. The van der Waals surface area contributed by atoms with Gasteiger partial charge in [-0.2, -0.15) is 0 Å². The smallest absolute Gasteiger partial charge is 0.339 e. The van der Waals surface area contributed by atoms with Crippen molar-refractivity contribution in [2.24, 2.45) is 0 Å². The molecule has 1 aromatic carbocycles. The van der Waals surface area contributed by atoms with Gasteiger partial charge in [-0.25, -0.2) is 4.79 Å². The number of carbonyl (C=O) groups is 1. The van der Waals surface area contributed by atoms with Crippen LogP contribution in [0.2, 0.25) is 0 Å². The third kappa shape index (κ3) is 2.66. The molecule has 0 aliphatic carbocycles. The number of aromatic hydroxyl groups is 1. The Bertz CT molecular complexity index is 474. The zero-order valence-electron chi connectivity index (χ0n) is 12.0. The van der Waals surface area contributed by atoms with Gasteiger partial charge < -0.3 is 10.2 Å². The lowest BCUT2D eigenvalue weighted by molar-refractivity contribution is 0.0690. The number of phenols is 1. The van der Waals surface area contributed by atoms with Crippen molar-refractivity contribution in [2.75, 3.05) is 0 Å². The first-order valence-electron chi connectivity index (χ1n) is 6.06. The second kappa shape index (κ2) is 4.30. The Morgan fingerprint density at radius 3 is 1.67 bits per heavy atom. The lowest BCUT2D eigenvalue weighted by Gasteiger charge is -2.26. The van der Waals surface area contributed by atoms with E-state index in [9.17, 15) is 15.0 Å². The molecule has 0 aromatic heterocycles. The topological polar surface area (TPSA) is 57.5 Å². The Balaban J connectivity index is 3.64. The van der Waals surface area contributed by atoms with Gasteiger partial charge in [0.2, 0.25) is 0 Å². The van der Waals surface area contributed by atoms with E-state index in [0.29, 0.717) is 11.1 Å². The highest BCUT2D eigenvalue weighted by Crippen LogP contribution is 2.38. The fraction of sp³-hybridized carbons (Fsp3) is 0.533. The summed E-state index contributed by atoms with van der Waals surface area (Å²) in [6.45, 7) is 11.7. The first-order chi connectivity index (χ1) is 7.96. The number of aromatic carboxylic acids is 1. The van der Waals surface area contributed by atoms with Crippen LogP contribution in [-0.2, 0) is 10.8 Å². The molecule has 0 aliphatic heterocycles. The lowest BCUT2D eigenvalue weighted by atomic mass is 9.78. The summed E-state index contributed by atoms with van der Waals surface area (Å²) in [5, 5.41) is 19.6. The average Bonchev–Trinajstić information content (AvgIpc) is 2.12. The van der Waals surface area contributed by atoms with E-state index in [2.05, 4.69) is 0 Å². The van der Waals surface area contributed by atoms with E-state index in [-0.39, 0.29) is 22.1 Å². The number of carboxylic acids is 1. The molecule has 18 heavy (non-hydrogen) atoms. The Kier molecular flexibility index (Phi) is 3.48. The number of carboxylic acid groups (broad SMARTS) is 1. The first kappa shape index (κ1) is 14.6. The summed E-state index contributed by atoms with van der Waals surface area (Å²) in [7, 11) is 0. The van der Waals surface area contributed by atoms with Crippen LogP contribution in [0.15, 0.2) is 12.1 Å². The maximum Gasteiger partial charge on any atom is 0.339 e. The second-order valence-corrected chi connectivity index (χ2v) is 6.69. The predicted molar refractivity (Wildman–Crippen MR) is 72.5 cm³/mol. The van der Waals surface area contributed by atoms with Crippen molar-refractivity contribution < 1.29 is 15.0 Å². The zero-order chi connectivity index (χ0) is 14.3. The molecule has 0 spiro atoms. The van der Waals surface area contributed by atoms with E-state index in [0.717, 1.165) is 0 Å². The Morgan fingerprint density at radius 2 is 1.33 bits per heavy atom. The van der Waals surface area contributed by atoms with Gasteiger partial charge in [-0.3, -0.25) is 0 Å². The summed E-state index contributed by atoms with van der Waals surface area (Å²) >= 11 is 0. The van der Waals surface area contributed by atoms with Gasteiger partial charge >= 0.3 is 5.97 Å². The maximum atomic E-state index is 11.4. The van der Waals surface area contributed by atoms with Crippen LogP contribution in [0.3, 0.4) is 0 Å². The van der Waals surface area contributed by atoms with Crippen LogP contribution < -0.4 is 0 Å². The molecule has 1 rings (SSSR count). The van der Waals surface area contributed by atoms with E-state index in [4.69, 9.17) is 0 Å². The molecule has 0 heterocycles. The number of rotatable bonds is 1. The second-order valence-electron chi connectivity index (χ2n) is 6.69. The molecule has 0 saturated carbocycles. The standard InChI is InChI=1S/C15H22O3/c1-14(2,3)9-7-8-10(15(4,5)6)12(16)11(9)13(17)18/h7-8,16H,1-6H3,(H,17,18). The molecule has 3 nitrogen and oxygen atoms in total. The number of hydrogen-bond acceptors (Lipinski definition) is 2. The summed E-state index contributed by atoms with van der Waals surface area (Å²) in [4.78, 5) is 11.4. The predicted octanol–water partition coefficient (Wildman–Crippen LogP) is 3.69. The molecular formula is C15H22O3. The molecule has 0 bridgehead atoms. The van der Waals surface area contributed by atoms with E-state index in [1.807, 2.05) is 53.7 Å². The van der Waals surface area contributed by atoms with Crippen LogP contribution in [-0.4, -0.2) is 16.2 Å². The van der Waals surface area contributed by atoms with Gasteiger partial charge in [0, 0.05) is 5.56 Å². The van der Waals surface area contributed by atoms with Crippen LogP contribution in [0.4, 0.5) is 0 Å². The summed E-state index contributed by atoms with van der Waals surface area (Å²) in [6.07, 6.45) is 0. The summed E-state index contributed by atoms with van der Waals surface area (Å²) < 4.78 is 0. The molecule has 2 N–H and O–H groups in total. The lowest BCUT2D eigenvalue weighted by Crippen LogP contribution is -2.20. The largest absolute Gasteiger partial charge is 0.507 e. The fourth-order valence-electron chi connectivity index (χ4n) is 2.04. The molecule has 0 radical (unpaired) electrons. The monoisotopic (exact) mass is 250 g/mol. The molecule has 3 heteroatoms. The highest BCUT2D eigenvalue weighted by molar-refractivity contribution is 5.93. The third-order valence-corrected chi connectivity index (χ3v) is 3.01. The summed E-state index contributed by atoms with van der Waals surface area (Å²) in [6, 6.07) is 3.63. The quantitative estimate of drug-likeness (QED) is 0.799. The van der Waals surface area contributed by atoms with Gasteiger partial charge in [0.05, 0.1) is 0 Å². The van der Waals surface area contributed by atoms with Crippen molar-refractivity contribution in [3.05, 3.63) is 28.8 Å². The normalized spacial score (nSPS) is 12.6. The van der Waals surface area contributed by atoms with E-state index < -0.39 is 5.97 Å². The molecule has 0 saturated heterocycles. The molecule has 0 unspecified atom stereocenters. The Labute approximate surface area is 108 Å². The van der Waals surface area contributed by atoms with E-state index in [1.165, 1.54) is 0 Å². The van der Waals surface area contributed by atoms with Crippen molar-refractivity contribution >= 4 is 5.97 Å². The van der Waals surface area contributed by atoms with Gasteiger partial charge in [0.15, 0.2) is 0 Å². The van der Waals surface area contributed by atoms with Crippen molar-refractivity contribution in [3.63, 3.8) is 0 Å². The molecular weight excluding hydrogens is 228 g/mol. The Morgan fingerprint density at radius 1 is 0.944 bits per heavy atom. The van der Waals surface area contributed by atoms with Gasteiger partial charge in [0.25, 0.3) is 0 Å². The van der Waals surface area contributed by atoms with Crippen molar-refractivity contribution in [1.82, 2.24) is 0 Å². The SMILES string of the molecule is CC(C)(C)c1ccc(C(C)(C)C)c(C(=O)O)c1O. The van der Waals surface area contributed by atoms with Gasteiger partial charge in [-0.15, -0.1) is 0 Å². The molecule has 1 aromatic rings. The van der Waals surface area contributed by atoms with E-state index >= 15 is 0 Å². The molecule has 0 amide bonds. The average molecular weight is 250 g/mol. The molecule has 100 valence electrons. The molecule has 0 atom stereocenters. The minimum atomic E-state index is -1.08. The minimum absolute atomic E-state index is 0.0231. The number of benzene rings is 1. The van der Waals surface area contributed by atoms with Crippen LogP contribution in [0.1, 0.15) is 63.0 Å². The third-order valence-electron chi connectivity index (χ3n) is 3.01. The highest BCUT2D eigenvalue weighted by Gasteiger charge is 2.29. The first-order valence-corrected chi connectivity index (χ1v) is 6.06. The van der Waals surface area contributed by atoms with Crippen molar-refractivity contribution in [2.45, 2.75) is 52.4 Å². The van der Waals surface area contributed by atoms with Gasteiger partial charge in [0.1, 0.15) is 11.3 Å². The van der Waals surface area contributed by atoms with Crippen LogP contribution in [0.5, 0.6) is 5.75 Å². The van der Waals surface area contributed by atoms with Crippen molar-refractivity contribution in [3.8, 4) is 5.75 Å². The Hall–Kier alpha value is -1.51. The highest BCUT2D eigenvalue weighted by atomic mass is 16.4. The minimum Gasteiger partial charge on any atom is -0.507 e. The number of hydrogen-bond donors (Lipinski definition) is 2. The van der Waals surface area contributed by atoms with Crippen molar-refractivity contribution in [1.29, 1.82) is 0 Å². The van der Waals surface area contributed by atoms with E-state index in [1.54, 1.807) is 0 Å². The maximum absolute atomic E-state index is 11.4. The van der Waals surface area contributed by atoms with Crippen LogP contribution in [0.25, 0.3) is 0 Å². The molecule has 0 aliphatic rings. The van der Waals surface area contributed by atoms with Crippen LogP contribution >= 0.6 is 0 Å². The zero-order valence-corrected chi connectivity index (χ0v) is 12.0. The summed E-state index contributed by atoms with van der Waals surface area (Å²) in [5.41, 5.74) is 0.732. The van der Waals surface area contributed by atoms with Crippen LogP contribution in [0, 0.1) is 0 Å². The van der Waals surface area contributed by atoms with Gasteiger partial charge in [-0.1, -0.05) is 53.7 Å². The fourth-order valence-corrected chi connectivity index (χ4v) is 2.04. The van der Waals surface area contributed by atoms with Gasteiger partial charge in [-0.05, 0) is 16.4 Å².